The Hall–Kier alpha value is -1.74. The minimum Gasteiger partial charge on any atom is -0.319 e. The molecule has 20 heavy (non-hydrogen) atoms. The number of rotatable bonds is 5. The van der Waals surface area contributed by atoms with Crippen LogP contribution in [0.2, 0.25) is 0 Å². The van der Waals surface area contributed by atoms with Crippen molar-refractivity contribution in [3.05, 3.63) is 47.9 Å². The Balaban J connectivity index is 2.39. The van der Waals surface area contributed by atoms with Crippen LogP contribution < -0.4 is 5.32 Å². The second-order valence-electron chi connectivity index (χ2n) is 5.52. The number of hydrogen-bond donors (Lipinski definition) is 1. The molecule has 1 heterocycles. The van der Waals surface area contributed by atoms with E-state index in [1.165, 1.54) is 11.1 Å². The summed E-state index contributed by atoms with van der Waals surface area (Å²) in [6, 6.07) is 10.3. The van der Waals surface area contributed by atoms with Crippen molar-refractivity contribution in [1.82, 2.24) is 15.3 Å². The molecule has 1 atom stereocenters. The molecule has 2 aromatic rings. The van der Waals surface area contributed by atoms with Gasteiger partial charge in [0, 0.05) is 24.2 Å². The number of aromatic nitrogens is 2. The topological polar surface area (TPSA) is 37.8 Å². The molecule has 0 saturated carbocycles. The van der Waals surface area contributed by atoms with Gasteiger partial charge in [0.25, 0.3) is 0 Å². The number of aryl methyl sites for hydroxylation is 1. The zero-order chi connectivity index (χ0) is 14.5. The molecular weight excluding hydrogens is 246 g/mol. The fourth-order valence-electron chi connectivity index (χ4n) is 2.41. The van der Waals surface area contributed by atoms with Gasteiger partial charge in [0.15, 0.2) is 0 Å². The van der Waals surface area contributed by atoms with E-state index in [1.807, 2.05) is 19.3 Å². The molecule has 1 aromatic heterocycles. The highest BCUT2D eigenvalue weighted by Gasteiger charge is 2.18. The van der Waals surface area contributed by atoms with Gasteiger partial charge in [-0.1, -0.05) is 38.1 Å². The number of nitrogens with one attached hydrogen (secondary N) is 1. The molecule has 0 aliphatic heterocycles. The smallest absolute Gasteiger partial charge is 0.133 e. The molecule has 0 aliphatic carbocycles. The molecule has 0 aliphatic rings. The lowest BCUT2D eigenvalue weighted by Gasteiger charge is -2.19. The average Bonchev–Trinajstić information content (AvgIpc) is 2.45. The Labute approximate surface area is 121 Å². The maximum Gasteiger partial charge on any atom is 0.133 e. The van der Waals surface area contributed by atoms with Gasteiger partial charge in [0.1, 0.15) is 5.82 Å². The molecule has 0 fully saturated rings. The summed E-state index contributed by atoms with van der Waals surface area (Å²) in [4.78, 5) is 9.28. The van der Waals surface area contributed by atoms with Crippen LogP contribution in [-0.4, -0.2) is 23.6 Å². The Morgan fingerprint density at radius 1 is 1.15 bits per heavy atom. The van der Waals surface area contributed by atoms with Gasteiger partial charge >= 0.3 is 0 Å². The van der Waals surface area contributed by atoms with Crippen molar-refractivity contribution in [2.75, 3.05) is 13.6 Å². The Bertz CT molecular complexity index is 564. The molecule has 0 bridgehead atoms. The first-order valence-corrected chi connectivity index (χ1v) is 7.17. The molecule has 1 aromatic carbocycles. The Morgan fingerprint density at radius 3 is 2.55 bits per heavy atom. The van der Waals surface area contributed by atoms with Gasteiger partial charge in [-0.05, 0) is 31.5 Å². The van der Waals surface area contributed by atoms with Crippen molar-refractivity contribution in [2.24, 2.45) is 5.92 Å². The lowest BCUT2D eigenvalue weighted by molar-refractivity contribution is 0.458. The molecule has 0 saturated heterocycles. The molecule has 0 amide bonds. The third-order valence-corrected chi connectivity index (χ3v) is 3.66. The molecule has 106 valence electrons. The first-order valence-electron chi connectivity index (χ1n) is 7.17. The van der Waals surface area contributed by atoms with E-state index in [-0.39, 0.29) is 0 Å². The maximum absolute atomic E-state index is 4.79. The van der Waals surface area contributed by atoms with Gasteiger partial charge in [-0.2, -0.15) is 0 Å². The molecule has 2 rings (SSSR count). The average molecular weight is 269 g/mol. The zero-order valence-corrected chi connectivity index (χ0v) is 12.7. The standard InChI is InChI=1S/C17H23N3/c1-12(2)15(11-18-4)17-19-10-9-16(20-17)14-8-6-5-7-13(14)3/h5-10,12,15,18H,11H2,1-4H3. The first kappa shape index (κ1) is 14.7. The summed E-state index contributed by atoms with van der Waals surface area (Å²) in [5.74, 6) is 1.77. The monoisotopic (exact) mass is 269 g/mol. The fourth-order valence-corrected chi connectivity index (χ4v) is 2.41. The summed E-state index contributed by atoms with van der Waals surface area (Å²) in [6.07, 6.45) is 1.87. The van der Waals surface area contributed by atoms with Crippen molar-refractivity contribution in [3.63, 3.8) is 0 Å². The second-order valence-corrected chi connectivity index (χ2v) is 5.52. The van der Waals surface area contributed by atoms with E-state index in [4.69, 9.17) is 4.98 Å². The van der Waals surface area contributed by atoms with Gasteiger partial charge in [-0.3, -0.25) is 0 Å². The lowest BCUT2D eigenvalue weighted by atomic mass is 9.94. The van der Waals surface area contributed by atoms with Crippen molar-refractivity contribution >= 4 is 0 Å². The molecule has 0 spiro atoms. The van der Waals surface area contributed by atoms with Gasteiger partial charge in [0.2, 0.25) is 0 Å². The van der Waals surface area contributed by atoms with Crippen LogP contribution in [0.4, 0.5) is 0 Å². The van der Waals surface area contributed by atoms with Crippen LogP contribution in [0, 0.1) is 12.8 Å². The number of nitrogens with zero attached hydrogens (tertiary/aromatic N) is 2. The third kappa shape index (κ3) is 3.23. The van der Waals surface area contributed by atoms with Crippen LogP contribution in [0.15, 0.2) is 36.5 Å². The predicted molar refractivity (Wildman–Crippen MR) is 83.7 cm³/mol. The predicted octanol–water partition coefficient (Wildman–Crippen LogP) is 3.41. The largest absolute Gasteiger partial charge is 0.319 e. The van der Waals surface area contributed by atoms with Crippen LogP contribution in [0.5, 0.6) is 0 Å². The minimum atomic E-state index is 0.337. The number of likely N-dealkylation sites (N-methyl/N-ethyl adjacent to an activating group) is 1. The van der Waals surface area contributed by atoms with Crippen LogP contribution in [0.25, 0.3) is 11.3 Å². The summed E-state index contributed by atoms with van der Waals surface area (Å²) in [6.45, 7) is 7.44. The second kappa shape index (κ2) is 6.62. The summed E-state index contributed by atoms with van der Waals surface area (Å²) in [5, 5.41) is 3.24. The van der Waals surface area contributed by atoms with Gasteiger partial charge in [0.05, 0.1) is 5.69 Å². The van der Waals surface area contributed by atoms with Gasteiger partial charge in [-0.15, -0.1) is 0 Å². The van der Waals surface area contributed by atoms with E-state index >= 15 is 0 Å². The normalized spacial score (nSPS) is 12.7. The van der Waals surface area contributed by atoms with Crippen molar-refractivity contribution in [3.8, 4) is 11.3 Å². The Kier molecular flexibility index (Phi) is 4.85. The summed E-state index contributed by atoms with van der Waals surface area (Å²) in [5.41, 5.74) is 3.44. The highest BCUT2D eigenvalue weighted by atomic mass is 14.9. The number of hydrogen-bond acceptors (Lipinski definition) is 3. The summed E-state index contributed by atoms with van der Waals surface area (Å²) >= 11 is 0. The van der Waals surface area contributed by atoms with E-state index in [9.17, 15) is 0 Å². The zero-order valence-electron chi connectivity index (χ0n) is 12.7. The van der Waals surface area contributed by atoms with E-state index in [0.29, 0.717) is 11.8 Å². The van der Waals surface area contributed by atoms with Gasteiger partial charge < -0.3 is 5.32 Å². The molecular formula is C17H23N3. The quantitative estimate of drug-likeness (QED) is 0.904. The Morgan fingerprint density at radius 2 is 1.90 bits per heavy atom. The van der Waals surface area contributed by atoms with Crippen molar-refractivity contribution < 1.29 is 0 Å². The maximum atomic E-state index is 4.79. The van der Waals surface area contributed by atoms with Crippen molar-refractivity contribution in [2.45, 2.75) is 26.7 Å². The lowest BCUT2D eigenvalue weighted by Crippen LogP contribution is -2.23. The van der Waals surface area contributed by atoms with Crippen LogP contribution in [0.1, 0.15) is 31.2 Å². The molecule has 1 unspecified atom stereocenters. The van der Waals surface area contributed by atoms with Crippen LogP contribution >= 0.6 is 0 Å². The van der Waals surface area contributed by atoms with Crippen molar-refractivity contribution in [1.29, 1.82) is 0 Å². The van der Waals surface area contributed by atoms with Crippen LogP contribution in [-0.2, 0) is 0 Å². The molecule has 0 radical (unpaired) electrons. The van der Waals surface area contributed by atoms with Crippen LogP contribution in [0.3, 0.4) is 0 Å². The van der Waals surface area contributed by atoms with Gasteiger partial charge in [-0.25, -0.2) is 9.97 Å². The summed E-state index contributed by atoms with van der Waals surface area (Å²) < 4.78 is 0. The molecule has 1 N–H and O–H groups in total. The molecule has 3 nitrogen and oxygen atoms in total. The van der Waals surface area contributed by atoms with E-state index in [0.717, 1.165) is 18.1 Å². The fraction of sp³-hybridized carbons (Fsp3) is 0.412. The number of benzene rings is 1. The highest BCUT2D eigenvalue weighted by molar-refractivity contribution is 5.62. The van der Waals surface area contributed by atoms with E-state index in [2.05, 4.69) is 55.3 Å². The molecule has 3 heteroatoms. The van der Waals surface area contributed by atoms with E-state index < -0.39 is 0 Å². The highest BCUT2D eigenvalue weighted by Crippen LogP contribution is 2.25. The third-order valence-electron chi connectivity index (χ3n) is 3.66. The minimum absolute atomic E-state index is 0.337. The van der Waals surface area contributed by atoms with E-state index in [1.54, 1.807) is 0 Å². The first-order chi connectivity index (χ1) is 9.63. The summed E-state index contributed by atoms with van der Waals surface area (Å²) in [7, 11) is 1.97. The SMILES string of the molecule is CNCC(c1nccc(-c2ccccc2C)n1)C(C)C.